The minimum absolute atomic E-state index is 0.123. The molecule has 3 rings (SSSR count). The van der Waals surface area contributed by atoms with Gasteiger partial charge in [-0.25, -0.2) is 13.6 Å². The van der Waals surface area contributed by atoms with E-state index in [1.54, 1.807) is 4.57 Å². The van der Waals surface area contributed by atoms with Gasteiger partial charge in [-0.2, -0.15) is 0 Å². The first-order chi connectivity index (χ1) is 8.88. The fourth-order valence-corrected chi connectivity index (χ4v) is 4.44. The van der Waals surface area contributed by atoms with E-state index in [9.17, 15) is 8.42 Å². The number of rotatable bonds is 3. The third-order valence-electron chi connectivity index (χ3n) is 2.70. The van der Waals surface area contributed by atoms with Crippen molar-refractivity contribution in [2.24, 2.45) is 5.14 Å². The normalized spacial score (nSPS) is 15.9. The second-order valence-electron chi connectivity index (χ2n) is 4.18. The standard InChI is InChI=1S/C9H8Br2N4O2S2/c10-5-3-6(18-7(5)11)8-13-14-9(19(12,16)17)15(8)4-1-2-4/h3-4H,1-2H2,(H2,12,16,17). The van der Waals surface area contributed by atoms with Crippen LogP contribution in [0.2, 0.25) is 0 Å². The molecule has 0 spiro atoms. The van der Waals surface area contributed by atoms with E-state index >= 15 is 0 Å². The highest BCUT2D eigenvalue weighted by Crippen LogP contribution is 2.43. The smallest absolute Gasteiger partial charge is 0.273 e. The first-order valence-electron chi connectivity index (χ1n) is 5.31. The van der Waals surface area contributed by atoms with Gasteiger partial charge in [0.05, 0.1) is 8.66 Å². The molecule has 0 bridgehead atoms. The Morgan fingerprint density at radius 3 is 2.53 bits per heavy atom. The second-order valence-corrected chi connectivity index (χ2v) is 8.86. The van der Waals surface area contributed by atoms with Gasteiger partial charge in [-0.05, 0) is 50.8 Å². The molecule has 1 aliphatic carbocycles. The number of nitrogens with zero attached hydrogens (tertiary/aromatic N) is 3. The first kappa shape index (κ1) is 13.7. The van der Waals surface area contributed by atoms with Crippen LogP contribution in [-0.2, 0) is 10.0 Å². The first-order valence-corrected chi connectivity index (χ1v) is 9.25. The Kier molecular flexibility index (Phi) is 3.33. The number of thiophene rings is 1. The quantitative estimate of drug-likeness (QED) is 0.814. The van der Waals surface area contributed by atoms with Crippen LogP contribution in [0.5, 0.6) is 0 Å². The van der Waals surface area contributed by atoms with E-state index in [2.05, 4.69) is 42.1 Å². The molecule has 2 heterocycles. The van der Waals surface area contributed by atoms with E-state index in [0.717, 1.165) is 26.0 Å². The molecule has 0 aromatic carbocycles. The zero-order valence-electron chi connectivity index (χ0n) is 9.38. The molecule has 1 saturated carbocycles. The summed E-state index contributed by atoms with van der Waals surface area (Å²) in [6.45, 7) is 0. The van der Waals surface area contributed by atoms with Gasteiger partial charge in [0.25, 0.3) is 15.2 Å². The Morgan fingerprint density at radius 1 is 1.37 bits per heavy atom. The highest BCUT2D eigenvalue weighted by Gasteiger charge is 2.34. The maximum Gasteiger partial charge on any atom is 0.273 e. The lowest BCUT2D eigenvalue weighted by Crippen LogP contribution is -2.18. The predicted octanol–water partition coefficient (Wildman–Crippen LogP) is 2.51. The SMILES string of the molecule is NS(=O)(=O)c1nnc(-c2cc(Br)c(Br)s2)n1C1CC1. The van der Waals surface area contributed by atoms with Crippen molar-refractivity contribution in [1.82, 2.24) is 14.8 Å². The summed E-state index contributed by atoms with van der Waals surface area (Å²) in [6, 6.07) is 2.00. The predicted molar refractivity (Wildman–Crippen MR) is 78.4 cm³/mol. The summed E-state index contributed by atoms with van der Waals surface area (Å²) in [4.78, 5) is 0.841. The van der Waals surface area contributed by atoms with Gasteiger partial charge >= 0.3 is 0 Å². The number of nitrogens with two attached hydrogens (primary N) is 1. The van der Waals surface area contributed by atoms with E-state index in [4.69, 9.17) is 5.14 Å². The lowest BCUT2D eigenvalue weighted by Gasteiger charge is -2.05. The largest absolute Gasteiger partial charge is 0.293 e. The van der Waals surface area contributed by atoms with Gasteiger partial charge in [0, 0.05) is 10.5 Å². The zero-order chi connectivity index (χ0) is 13.8. The highest BCUT2D eigenvalue weighted by atomic mass is 79.9. The average molecular weight is 428 g/mol. The maximum absolute atomic E-state index is 11.5. The number of hydrogen-bond acceptors (Lipinski definition) is 5. The van der Waals surface area contributed by atoms with Crippen molar-refractivity contribution in [3.05, 3.63) is 14.3 Å². The summed E-state index contributed by atoms with van der Waals surface area (Å²) in [5.74, 6) is 0.544. The van der Waals surface area contributed by atoms with Crippen LogP contribution in [0.1, 0.15) is 18.9 Å². The third-order valence-corrected chi connectivity index (χ3v) is 6.74. The van der Waals surface area contributed by atoms with Crippen LogP contribution in [0.3, 0.4) is 0 Å². The number of sulfonamides is 1. The van der Waals surface area contributed by atoms with Crippen molar-refractivity contribution >= 4 is 53.2 Å². The fraction of sp³-hybridized carbons (Fsp3) is 0.333. The molecule has 2 N–H and O–H groups in total. The lowest BCUT2D eigenvalue weighted by atomic mass is 10.4. The molecule has 10 heteroatoms. The summed E-state index contributed by atoms with van der Waals surface area (Å²) in [7, 11) is -3.86. The summed E-state index contributed by atoms with van der Waals surface area (Å²) in [5, 5.41) is 12.8. The summed E-state index contributed by atoms with van der Waals surface area (Å²) in [5.41, 5.74) is 0. The Labute approximate surface area is 130 Å². The third kappa shape index (κ3) is 2.51. The van der Waals surface area contributed by atoms with Crippen molar-refractivity contribution in [3.63, 3.8) is 0 Å². The molecule has 1 fully saturated rings. The molecule has 1 aliphatic rings. The molecular weight excluding hydrogens is 420 g/mol. The molecule has 0 unspecified atom stereocenters. The molecule has 0 amide bonds. The van der Waals surface area contributed by atoms with Crippen LogP contribution in [0.25, 0.3) is 10.7 Å². The summed E-state index contributed by atoms with van der Waals surface area (Å²) >= 11 is 8.27. The van der Waals surface area contributed by atoms with Crippen molar-refractivity contribution in [1.29, 1.82) is 0 Å². The molecule has 2 aromatic heterocycles. The molecule has 2 aromatic rings. The maximum atomic E-state index is 11.5. The highest BCUT2D eigenvalue weighted by molar-refractivity contribution is 9.13. The lowest BCUT2D eigenvalue weighted by molar-refractivity contribution is 0.567. The summed E-state index contributed by atoms with van der Waals surface area (Å²) < 4.78 is 26.5. The van der Waals surface area contributed by atoms with E-state index in [0.29, 0.717) is 5.82 Å². The van der Waals surface area contributed by atoms with Crippen molar-refractivity contribution in [2.45, 2.75) is 24.0 Å². The number of hydrogen-bond donors (Lipinski definition) is 1. The van der Waals surface area contributed by atoms with E-state index < -0.39 is 10.0 Å². The number of halogens is 2. The van der Waals surface area contributed by atoms with Crippen LogP contribution >= 0.6 is 43.2 Å². The molecule has 0 atom stereocenters. The molecular formula is C9H8Br2N4O2S2. The zero-order valence-corrected chi connectivity index (χ0v) is 14.2. The van der Waals surface area contributed by atoms with E-state index in [1.165, 1.54) is 11.3 Å². The molecule has 102 valence electrons. The van der Waals surface area contributed by atoms with Crippen molar-refractivity contribution < 1.29 is 8.42 Å². The Bertz CT molecular complexity index is 729. The van der Waals surface area contributed by atoms with E-state index in [-0.39, 0.29) is 11.2 Å². The van der Waals surface area contributed by atoms with Gasteiger partial charge in [-0.1, -0.05) is 0 Å². The minimum Gasteiger partial charge on any atom is -0.293 e. The Balaban J connectivity index is 2.19. The monoisotopic (exact) mass is 426 g/mol. The molecule has 6 nitrogen and oxygen atoms in total. The number of aromatic nitrogens is 3. The molecule has 19 heavy (non-hydrogen) atoms. The fourth-order valence-electron chi connectivity index (χ4n) is 1.76. The van der Waals surface area contributed by atoms with Gasteiger partial charge < -0.3 is 0 Å². The Hall–Kier alpha value is -0.290. The van der Waals surface area contributed by atoms with Crippen LogP contribution in [-0.4, -0.2) is 23.2 Å². The van der Waals surface area contributed by atoms with Gasteiger partial charge in [-0.15, -0.1) is 21.5 Å². The van der Waals surface area contributed by atoms with Gasteiger partial charge in [0.1, 0.15) is 0 Å². The van der Waals surface area contributed by atoms with Crippen LogP contribution in [0.4, 0.5) is 0 Å². The molecule has 0 saturated heterocycles. The topological polar surface area (TPSA) is 90.9 Å². The summed E-state index contributed by atoms with van der Waals surface area (Å²) in [6.07, 6.45) is 1.84. The number of primary sulfonamides is 1. The average Bonchev–Trinajstić information content (AvgIpc) is 2.95. The Morgan fingerprint density at radius 2 is 2.05 bits per heavy atom. The minimum atomic E-state index is -3.86. The van der Waals surface area contributed by atoms with Gasteiger partial charge in [-0.3, -0.25) is 4.57 Å². The van der Waals surface area contributed by atoms with Crippen LogP contribution < -0.4 is 5.14 Å². The van der Waals surface area contributed by atoms with Crippen molar-refractivity contribution in [3.8, 4) is 10.7 Å². The van der Waals surface area contributed by atoms with Gasteiger partial charge in [0.2, 0.25) is 0 Å². The van der Waals surface area contributed by atoms with Crippen LogP contribution in [0, 0.1) is 0 Å². The van der Waals surface area contributed by atoms with Crippen LogP contribution in [0.15, 0.2) is 19.5 Å². The van der Waals surface area contributed by atoms with E-state index in [1.807, 2.05) is 6.07 Å². The molecule has 0 aliphatic heterocycles. The second kappa shape index (κ2) is 4.62. The molecule has 0 radical (unpaired) electrons. The van der Waals surface area contributed by atoms with Crippen molar-refractivity contribution in [2.75, 3.05) is 0 Å². The van der Waals surface area contributed by atoms with Gasteiger partial charge in [0.15, 0.2) is 5.82 Å².